The molecule has 9 nitrogen and oxygen atoms in total. The lowest BCUT2D eigenvalue weighted by Crippen LogP contribution is -2.37. The molecule has 2 aliphatic rings. The summed E-state index contributed by atoms with van der Waals surface area (Å²) in [6, 6.07) is 6.07. The lowest BCUT2D eigenvalue weighted by Gasteiger charge is -2.28. The number of amides is 1. The van der Waals surface area contributed by atoms with Crippen LogP contribution in [-0.4, -0.2) is 54.8 Å². The van der Waals surface area contributed by atoms with E-state index in [2.05, 4.69) is 20.6 Å². The number of para-hydroxylation sites is 1. The number of pyridine rings is 1. The van der Waals surface area contributed by atoms with Crippen LogP contribution in [0, 0.1) is 5.82 Å². The van der Waals surface area contributed by atoms with E-state index in [-0.39, 0.29) is 42.7 Å². The van der Waals surface area contributed by atoms with E-state index >= 15 is 0 Å². The Kier molecular flexibility index (Phi) is 6.59. The number of aromatic nitrogens is 2. The molecule has 5 N–H and O–H groups in total. The maximum Gasteiger partial charge on any atom is 0.271 e. The predicted octanol–water partition coefficient (Wildman–Crippen LogP) is 4.03. The number of carbonyl (C=O) groups excluding carboxylic acids is 1. The third-order valence-electron chi connectivity index (χ3n) is 6.37. The number of nitrogens with one attached hydrogen (secondary N) is 3. The zero-order valence-corrected chi connectivity index (χ0v) is 20.0. The molecule has 1 unspecified atom stereocenters. The van der Waals surface area contributed by atoms with E-state index < -0.39 is 24.5 Å². The van der Waals surface area contributed by atoms with Gasteiger partial charge >= 0.3 is 0 Å². The third-order valence-corrected chi connectivity index (χ3v) is 6.37. The van der Waals surface area contributed by atoms with Crippen LogP contribution in [0.5, 0.6) is 11.5 Å². The number of ether oxygens (including phenoxy) is 3. The number of H-pyrrole nitrogens is 1. The van der Waals surface area contributed by atoms with Crippen molar-refractivity contribution in [3.8, 4) is 22.8 Å². The first-order chi connectivity index (χ1) is 17.8. The molecular formula is C25H26F3N5O4. The smallest absolute Gasteiger partial charge is 0.271 e. The summed E-state index contributed by atoms with van der Waals surface area (Å²) >= 11 is 0. The van der Waals surface area contributed by atoms with Crippen molar-refractivity contribution >= 4 is 23.1 Å². The van der Waals surface area contributed by atoms with E-state index in [0.29, 0.717) is 46.9 Å². The molecule has 1 amide bonds. The van der Waals surface area contributed by atoms with Crippen molar-refractivity contribution in [3.05, 3.63) is 47.5 Å². The van der Waals surface area contributed by atoms with Gasteiger partial charge in [-0.15, -0.1) is 0 Å². The highest BCUT2D eigenvalue weighted by Gasteiger charge is 2.36. The fraction of sp³-hybridized carbons (Fsp3) is 0.360. The standard InChI is InChI=1S/C25H26F3N5O4/c1-35-22-15(26)3-2-4-17(22)33-20-18-16(7-10-31-24(18)34)32-19(20)14-6-9-30-23(29)21(14)36-11-13-5-8-25(27,28)12-37-13/h2-4,6,9,13,32-33H,5,7-8,10-12H2,1H3,(H2,29,30)(H,31,34). The highest BCUT2D eigenvalue weighted by atomic mass is 19.3. The van der Waals surface area contributed by atoms with Gasteiger partial charge in [0.05, 0.1) is 35.8 Å². The predicted molar refractivity (Wildman–Crippen MR) is 130 cm³/mol. The van der Waals surface area contributed by atoms with Crippen molar-refractivity contribution in [2.24, 2.45) is 0 Å². The number of halogens is 3. The molecule has 4 heterocycles. The maximum absolute atomic E-state index is 14.4. The van der Waals surface area contributed by atoms with Crippen molar-refractivity contribution in [3.63, 3.8) is 0 Å². The molecular weight excluding hydrogens is 491 g/mol. The molecule has 0 spiro atoms. The van der Waals surface area contributed by atoms with Crippen molar-refractivity contribution in [1.82, 2.24) is 15.3 Å². The van der Waals surface area contributed by atoms with Crippen molar-refractivity contribution in [2.45, 2.75) is 31.3 Å². The first-order valence-electron chi connectivity index (χ1n) is 11.8. The van der Waals surface area contributed by atoms with Gasteiger partial charge in [-0.2, -0.15) is 0 Å². The number of rotatable bonds is 7. The van der Waals surface area contributed by atoms with Gasteiger partial charge in [0.1, 0.15) is 13.2 Å². The van der Waals surface area contributed by atoms with Crippen LogP contribution in [0.25, 0.3) is 11.3 Å². The molecule has 37 heavy (non-hydrogen) atoms. The summed E-state index contributed by atoms with van der Waals surface area (Å²) in [6.07, 6.45) is 1.33. The molecule has 1 saturated heterocycles. The average Bonchev–Trinajstić information content (AvgIpc) is 3.23. The van der Waals surface area contributed by atoms with Gasteiger partial charge in [0.2, 0.25) is 0 Å². The monoisotopic (exact) mass is 517 g/mol. The number of methoxy groups -OCH3 is 1. The summed E-state index contributed by atoms with van der Waals surface area (Å²) < 4.78 is 57.8. The fourth-order valence-corrected chi connectivity index (χ4v) is 4.54. The van der Waals surface area contributed by atoms with Gasteiger partial charge in [0.25, 0.3) is 11.8 Å². The Balaban J connectivity index is 1.54. The minimum atomic E-state index is -2.85. The van der Waals surface area contributed by atoms with Crippen LogP contribution in [-0.2, 0) is 11.2 Å². The highest BCUT2D eigenvalue weighted by molar-refractivity contribution is 6.06. The zero-order valence-electron chi connectivity index (χ0n) is 20.0. The first-order valence-corrected chi connectivity index (χ1v) is 11.8. The maximum atomic E-state index is 14.4. The summed E-state index contributed by atoms with van der Waals surface area (Å²) in [5.41, 5.74) is 8.83. The number of nitrogens with two attached hydrogens (primary N) is 1. The second-order valence-electron chi connectivity index (χ2n) is 8.89. The molecule has 0 saturated carbocycles. The lowest BCUT2D eigenvalue weighted by molar-refractivity contribution is -0.150. The molecule has 196 valence electrons. The zero-order chi connectivity index (χ0) is 26.2. The Morgan fingerprint density at radius 3 is 2.89 bits per heavy atom. The van der Waals surface area contributed by atoms with Crippen LogP contribution in [0.1, 0.15) is 28.9 Å². The van der Waals surface area contributed by atoms with Gasteiger partial charge < -0.3 is 35.6 Å². The summed E-state index contributed by atoms with van der Waals surface area (Å²) in [5.74, 6) is -3.46. The molecule has 1 aromatic carbocycles. The Labute approximate surface area is 210 Å². The summed E-state index contributed by atoms with van der Waals surface area (Å²) in [5, 5.41) is 5.97. The Bertz CT molecular complexity index is 1320. The quantitative estimate of drug-likeness (QED) is 0.373. The van der Waals surface area contributed by atoms with E-state index in [1.165, 1.54) is 25.4 Å². The van der Waals surface area contributed by atoms with Crippen LogP contribution in [0.4, 0.5) is 30.4 Å². The first kappa shape index (κ1) is 24.8. The van der Waals surface area contributed by atoms with Crippen LogP contribution >= 0.6 is 0 Å². The summed E-state index contributed by atoms with van der Waals surface area (Å²) in [4.78, 5) is 20.3. The number of fused-ring (bicyclic) bond motifs is 1. The Hall–Kier alpha value is -3.93. The van der Waals surface area contributed by atoms with E-state index in [9.17, 15) is 18.0 Å². The second-order valence-corrected chi connectivity index (χ2v) is 8.89. The largest absolute Gasteiger partial charge is 0.492 e. The number of alkyl halides is 2. The van der Waals surface area contributed by atoms with Crippen LogP contribution in [0.15, 0.2) is 30.5 Å². The SMILES string of the molecule is COc1c(F)cccc1Nc1c(-c2ccnc(N)c2OCC2CCC(F)(F)CO2)[nH]c2c1C(=O)NCC2. The van der Waals surface area contributed by atoms with Gasteiger partial charge in [-0.3, -0.25) is 4.79 Å². The van der Waals surface area contributed by atoms with E-state index in [1.807, 2.05) is 0 Å². The summed E-state index contributed by atoms with van der Waals surface area (Å²) in [6.45, 7) is -0.237. The molecule has 3 aromatic rings. The summed E-state index contributed by atoms with van der Waals surface area (Å²) in [7, 11) is 1.35. The number of benzene rings is 1. The van der Waals surface area contributed by atoms with Gasteiger partial charge in [-0.05, 0) is 24.6 Å². The normalized spacial score (nSPS) is 18.6. The molecule has 2 aliphatic heterocycles. The molecule has 2 aromatic heterocycles. The fourth-order valence-electron chi connectivity index (χ4n) is 4.54. The van der Waals surface area contributed by atoms with Crippen LogP contribution in [0.3, 0.4) is 0 Å². The number of nitrogens with zero attached hydrogens (tertiary/aromatic N) is 1. The van der Waals surface area contributed by atoms with Gasteiger partial charge in [-0.1, -0.05) is 6.07 Å². The van der Waals surface area contributed by atoms with Crippen molar-refractivity contribution < 1.29 is 32.2 Å². The van der Waals surface area contributed by atoms with Crippen molar-refractivity contribution in [2.75, 3.05) is 37.9 Å². The molecule has 5 rings (SSSR count). The molecule has 0 radical (unpaired) electrons. The third kappa shape index (κ3) is 4.88. The number of hydrogen-bond donors (Lipinski definition) is 4. The number of nitrogen functional groups attached to an aromatic ring is 1. The number of anilines is 3. The van der Waals surface area contributed by atoms with Gasteiger partial charge in [0.15, 0.2) is 23.1 Å². The number of carbonyl (C=O) groups is 1. The van der Waals surface area contributed by atoms with Crippen LogP contribution < -0.4 is 25.8 Å². The van der Waals surface area contributed by atoms with Crippen molar-refractivity contribution in [1.29, 1.82) is 0 Å². The molecule has 0 aliphatic carbocycles. The van der Waals surface area contributed by atoms with Gasteiger partial charge in [0, 0.05) is 36.8 Å². The minimum Gasteiger partial charge on any atom is -0.492 e. The van der Waals surface area contributed by atoms with E-state index in [4.69, 9.17) is 19.9 Å². The highest BCUT2D eigenvalue weighted by Crippen LogP contribution is 2.43. The lowest BCUT2D eigenvalue weighted by atomic mass is 10.0. The molecule has 12 heteroatoms. The topological polar surface area (TPSA) is 124 Å². The van der Waals surface area contributed by atoms with E-state index in [0.717, 1.165) is 0 Å². The van der Waals surface area contributed by atoms with E-state index in [1.54, 1.807) is 12.1 Å². The molecule has 1 fully saturated rings. The molecule has 0 bridgehead atoms. The second kappa shape index (κ2) is 9.85. The minimum absolute atomic E-state index is 0.0135. The van der Waals surface area contributed by atoms with Crippen LogP contribution in [0.2, 0.25) is 0 Å². The number of hydrogen-bond acceptors (Lipinski definition) is 7. The Morgan fingerprint density at radius 2 is 2.14 bits per heavy atom. The Morgan fingerprint density at radius 1 is 1.30 bits per heavy atom. The average molecular weight is 518 g/mol. The molecule has 1 atom stereocenters. The van der Waals surface area contributed by atoms with Gasteiger partial charge in [-0.25, -0.2) is 18.2 Å². The number of aromatic amines is 1.